The molecule has 0 fully saturated rings. The lowest BCUT2D eigenvalue weighted by molar-refractivity contribution is 0.104. The number of ether oxygens (including phenoxy) is 3. The van der Waals surface area contributed by atoms with Crippen molar-refractivity contribution in [2.75, 3.05) is 21.3 Å². The van der Waals surface area contributed by atoms with E-state index in [9.17, 15) is 4.79 Å². The van der Waals surface area contributed by atoms with Crippen molar-refractivity contribution in [3.8, 4) is 17.2 Å². The smallest absolute Gasteiger partial charge is 0.193 e. The van der Waals surface area contributed by atoms with E-state index in [1.54, 1.807) is 31.5 Å². The van der Waals surface area contributed by atoms with E-state index in [1.165, 1.54) is 20.3 Å². The van der Waals surface area contributed by atoms with E-state index in [1.807, 2.05) is 30.3 Å². The van der Waals surface area contributed by atoms with Gasteiger partial charge in [0.05, 0.1) is 26.8 Å². The summed E-state index contributed by atoms with van der Waals surface area (Å²) in [4.78, 5) is 17.1. The Labute approximate surface area is 151 Å². The minimum absolute atomic E-state index is 0.220. The van der Waals surface area contributed by atoms with Crippen LogP contribution >= 0.6 is 0 Å². The van der Waals surface area contributed by atoms with Crippen molar-refractivity contribution in [2.45, 2.75) is 0 Å². The fraction of sp³-hybridized carbons (Fsp3) is 0.143. The lowest BCUT2D eigenvalue weighted by Crippen LogP contribution is -2.03. The predicted octanol–water partition coefficient (Wildman–Crippen LogP) is 4.16. The number of pyridine rings is 1. The third-order valence-electron chi connectivity index (χ3n) is 4.06. The van der Waals surface area contributed by atoms with Gasteiger partial charge in [-0.15, -0.1) is 0 Å². The molecule has 0 unspecified atom stereocenters. The van der Waals surface area contributed by atoms with Crippen LogP contribution in [0.4, 0.5) is 0 Å². The first-order chi connectivity index (χ1) is 12.7. The zero-order valence-corrected chi connectivity index (χ0v) is 14.9. The quantitative estimate of drug-likeness (QED) is 0.494. The lowest BCUT2D eigenvalue weighted by atomic mass is 10.0. The number of carbonyl (C=O) groups is 1. The number of hydrogen-bond acceptors (Lipinski definition) is 5. The van der Waals surface area contributed by atoms with Crippen molar-refractivity contribution in [1.82, 2.24) is 4.98 Å². The van der Waals surface area contributed by atoms with E-state index < -0.39 is 0 Å². The number of hydrogen-bond donors (Lipinski definition) is 0. The van der Waals surface area contributed by atoms with E-state index >= 15 is 0 Å². The number of methoxy groups -OCH3 is 3. The van der Waals surface area contributed by atoms with E-state index in [4.69, 9.17) is 14.2 Å². The Kier molecular flexibility index (Phi) is 5.17. The van der Waals surface area contributed by atoms with Crippen LogP contribution in [0.2, 0.25) is 0 Å². The number of para-hydroxylation sites is 1. The minimum Gasteiger partial charge on any atom is -0.496 e. The number of nitrogens with zero attached hydrogens (tertiary/aromatic N) is 1. The Morgan fingerprint density at radius 2 is 1.65 bits per heavy atom. The van der Waals surface area contributed by atoms with Crippen LogP contribution in [0.5, 0.6) is 17.2 Å². The lowest BCUT2D eigenvalue weighted by Gasteiger charge is -2.13. The van der Waals surface area contributed by atoms with Gasteiger partial charge >= 0.3 is 0 Å². The largest absolute Gasteiger partial charge is 0.496 e. The molecule has 0 bridgehead atoms. The van der Waals surface area contributed by atoms with Crippen LogP contribution in [0.3, 0.4) is 0 Å². The SMILES string of the molecule is COc1cc(OC)c(C(=O)/C=C/c2ccnc3ccccc23)c(OC)c1. The molecule has 0 aliphatic carbocycles. The molecule has 0 amide bonds. The molecule has 0 saturated heterocycles. The molecular weight excluding hydrogens is 330 g/mol. The molecule has 2 aromatic carbocycles. The van der Waals surface area contributed by atoms with Crippen LogP contribution in [0.15, 0.2) is 54.7 Å². The van der Waals surface area contributed by atoms with E-state index in [-0.39, 0.29) is 5.78 Å². The first-order valence-electron chi connectivity index (χ1n) is 8.04. The summed E-state index contributed by atoms with van der Waals surface area (Å²) in [5, 5.41) is 0.979. The van der Waals surface area contributed by atoms with Gasteiger partial charge in [-0.3, -0.25) is 9.78 Å². The van der Waals surface area contributed by atoms with Crippen molar-refractivity contribution >= 4 is 22.8 Å². The van der Waals surface area contributed by atoms with Crippen LogP contribution in [-0.2, 0) is 0 Å². The molecule has 1 heterocycles. The second-order valence-corrected chi connectivity index (χ2v) is 5.52. The normalized spacial score (nSPS) is 10.9. The molecule has 0 aliphatic rings. The van der Waals surface area contributed by atoms with Gasteiger partial charge in [0.1, 0.15) is 22.8 Å². The molecule has 0 spiro atoms. The van der Waals surface area contributed by atoms with Gasteiger partial charge in [0.15, 0.2) is 5.78 Å². The maximum absolute atomic E-state index is 12.8. The van der Waals surface area contributed by atoms with Crippen LogP contribution < -0.4 is 14.2 Å². The molecular formula is C21H19NO4. The molecule has 0 radical (unpaired) electrons. The van der Waals surface area contributed by atoms with Gasteiger partial charge in [-0.05, 0) is 23.8 Å². The van der Waals surface area contributed by atoms with Crippen molar-refractivity contribution in [1.29, 1.82) is 0 Å². The van der Waals surface area contributed by atoms with Gasteiger partial charge < -0.3 is 14.2 Å². The average Bonchev–Trinajstić information content (AvgIpc) is 2.70. The summed E-state index contributed by atoms with van der Waals surface area (Å²) < 4.78 is 15.9. The highest BCUT2D eigenvalue weighted by atomic mass is 16.5. The maximum atomic E-state index is 12.8. The summed E-state index contributed by atoms with van der Waals surface area (Å²) in [5.41, 5.74) is 2.14. The fourth-order valence-electron chi connectivity index (χ4n) is 2.76. The van der Waals surface area contributed by atoms with Gasteiger partial charge in [-0.1, -0.05) is 24.3 Å². The summed E-state index contributed by atoms with van der Waals surface area (Å²) in [5.74, 6) is 1.13. The topological polar surface area (TPSA) is 57.7 Å². The second kappa shape index (κ2) is 7.70. The first kappa shape index (κ1) is 17.5. The number of aromatic nitrogens is 1. The van der Waals surface area contributed by atoms with Gasteiger partial charge in [-0.25, -0.2) is 0 Å². The Morgan fingerprint density at radius 1 is 0.962 bits per heavy atom. The number of carbonyl (C=O) groups excluding carboxylic acids is 1. The average molecular weight is 349 g/mol. The summed E-state index contributed by atoms with van der Waals surface area (Å²) in [6.45, 7) is 0. The van der Waals surface area contributed by atoms with Crippen LogP contribution in [0, 0.1) is 0 Å². The number of ketones is 1. The van der Waals surface area contributed by atoms with E-state index in [2.05, 4.69) is 4.98 Å². The van der Waals surface area contributed by atoms with Gasteiger partial charge in [0.2, 0.25) is 0 Å². The zero-order chi connectivity index (χ0) is 18.5. The predicted molar refractivity (Wildman–Crippen MR) is 101 cm³/mol. The summed E-state index contributed by atoms with van der Waals surface area (Å²) in [7, 11) is 4.56. The number of fused-ring (bicyclic) bond motifs is 1. The van der Waals surface area contributed by atoms with Gasteiger partial charge in [-0.2, -0.15) is 0 Å². The fourth-order valence-corrected chi connectivity index (χ4v) is 2.76. The Bertz CT molecular complexity index is 948. The third-order valence-corrected chi connectivity index (χ3v) is 4.06. The first-order valence-corrected chi connectivity index (χ1v) is 8.04. The van der Waals surface area contributed by atoms with Crippen LogP contribution in [-0.4, -0.2) is 32.1 Å². The summed E-state index contributed by atoms with van der Waals surface area (Å²) in [6, 6.07) is 13.0. The molecule has 132 valence electrons. The molecule has 0 aliphatic heterocycles. The molecule has 5 heteroatoms. The van der Waals surface area contributed by atoms with Crippen LogP contribution in [0.1, 0.15) is 15.9 Å². The molecule has 3 aromatic rings. The Balaban J connectivity index is 2.01. The number of allylic oxidation sites excluding steroid dienone is 1. The number of rotatable bonds is 6. The van der Waals surface area contributed by atoms with Gasteiger partial charge in [0.25, 0.3) is 0 Å². The minimum atomic E-state index is -0.220. The zero-order valence-electron chi connectivity index (χ0n) is 14.9. The molecule has 26 heavy (non-hydrogen) atoms. The van der Waals surface area contributed by atoms with Crippen molar-refractivity contribution in [3.05, 3.63) is 65.9 Å². The second-order valence-electron chi connectivity index (χ2n) is 5.52. The van der Waals surface area contributed by atoms with Crippen molar-refractivity contribution in [2.24, 2.45) is 0 Å². The summed E-state index contributed by atoms with van der Waals surface area (Å²) in [6.07, 6.45) is 5.01. The molecule has 1 aromatic heterocycles. The third kappa shape index (κ3) is 3.37. The molecule has 0 saturated carbocycles. The van der Waals surface area contributed by atoms with Crippen LogP contribution in [0.25, 0.3) is 17.0 Å². The molecule has 0 N–H and O–H groups in total. The summed E-state index contributed by atoms with van der Waals surface area (Å²) >= 11 is 0. The van der Waals surface area contributed by atoms with E-state index in [0.29, 0.717) is 22.8 Å². The molecule has 0 atom stereocenters. The Hall–Kier alpha value is -3.34. The standard InChI is InChI=1S/C21H19NO4/c1-24-15-12-19(25-2)21(20(13-15)26-3)18(23)9-8-14-10-11-22-17-7-5-4-6-16(14)17/h4-13H,1-3H3/b9-8+. The van der Waals surface area contributed by atoms with E-state index in [0.717, 1.165) is 16.5 Å². The highest BCUT2D eigenvalue weighted by Crippen LogP contribution is 2.34. The monoisotopic (exact) mass is 349 g/mol. The highest BCUT2D eigenvalue weighted by molar-refractivity contribution is 6.11. The maximum Gasteiger partial charge on any atom is 0.193 e. The van der Waals surface area contributed by atoms with Gasteiger partial charge in [0, 0.05) is 23.7 Å². The van der Waals surface area contributed by atoms with Crippen molar-refractivity contribution in [3.63, 3.8) is 0 Å². The highest BCUT2D eigenvalue weighted by Gasteiger charge is 2.18. The number of benzene rings is 2. The molecule has 5 nitrogen and oxygen atoms in total. The molecule has 3 rings (SSSR count). The van der Waals surface area contributed by atoms with Crippen molar-refractivity contribution < 1.29 is 19.0 Å². The Morgan fingerprint density at radius 3 is 2.31 bits per heavy atom.